The second-order valence-electron chi connectivity index (χ2n) is 7.86. The summed E-state index contributed by atoms with van der Waals surface area (Å²) in [6, 6.07) is 0. The van der Waals surface area contributed by atoms with E-state index >= 15 is 0 Å². The number of hydrogen-bond donors (Lipinski definition) is 1. The van der Waals surface area contributed by atoms with E-state index in [2.05, 4.69) is 5.16 Å². The number of thioether (sulfide) groups is 1. The Morgan fingerprint density at radius 2 is 2.07 bits per heavy atom. The van der Waals surface area contributed by atoms with Gasteiger partial charge in [-0.1, -0.05) is 24.6 Å². The summed E-state index contributed by atoms with van der Waals surface area (Å²) in [5.74, 6) is 3.75. The molecule has 0 spiro atoms. The molecule has 1 saturated heterocycles. The summed E-state index contributed by atoms with van der Waals surface area (Å²) in [4.78, 5) is 28.1. The molecule has 1 fully saturated rings. The van der Waals surface area contributed by atoms with Gasteiger partial charge in [-0.25, -0.2) is 0 Å². The molecule has 162 valence electrons. The van der Waals surface area contributed by atoms with E-state index in [-0.39, 0.29) is 17.3 Å². The van der Waals surface area contributed by atoms with Crippen molar-refractivity contribution in [3.8, 4) is 0 Å². The van der Waals surface area contributed by atoms with Crippen LogP contribution in [0, 0.1) is 11.8 Å². The standard InChI is InChI=1S/C17H27NO3S.C6H8O/c1-3-6-14(18-21-4-2)17-15(19)9-13(10-16(17)20)12-7-5-8-22-11-12;7-6-4-2-1-3-5-6/h12-13,19H,3-11H2,1-2H3;2,4H,1,3,5H2. The van der Waals surface area contributed by atoms with Gasteiger partial charge in [0.2, 0.25) is 0 Å². The van der Waals surface area contributed by atoms with E-state index in [0.717, 1.165) is 31.4 Å². The molecule has 0 saturated carbocycles. The molecule has 0 radical (unpaired) electrons. The van der Waals surface area contributed by atoms with Gasteiger partial charge in [-0.3, -0.25) is 9.59 Å². The van der Waals surface area contributed by atoms with Crippen molar-refractivity contribution in [3.05, 3.63) is 23.5 Å². The van der Waals surface area contributed by atoms with Crippen molar-refractivity contribution in [3.63, 3.8) is 0 Å². The van der Waals surface area contributed by atoms with Crippen LogP contribution in [0.2, 0.25) is 0 Å². The Morgan fingerprint density at radius 3 is 2.59 bits per heavy atom. The van der Waals surface area contributed by atoms with Crippen molar-refractivity contribution in [2.75, 3.05) is 18.1 Å². The zero-order valence-corrected chi connectivity index (χ0v) is 18.6. The molecule has 5 nitrogen and oxygen atoms in total. The minimum atomic E-state index is 0.0382. The van der Waals surface area contributed by atoms with Gasteiger partial charge in [0.15, 0.2) is 11.6 Å². The Labute approximate surface area is 179 Å². The summed E-state index contributed by atoms with van der Waals surface area (Å²) in [7, 11) is 0. The first kappa shape index (κ1) is 23.7. The molecule has 0 aromatic heterocycles. The highest BCUT2D eigenvalue weighted by Crippen LogP contribution is 2.38. The monoisotopic (exact) mass is 421 g/mol. The van der Waals surface area contributed by atoms with Gasteiger partial charge < -0.3 is 9.94 Å². The Morgan fingerprint density at radius 1 is 1.24 bits per heavy atom. The molecule has 3 aliphatic rings. The number of carbonyl (C=O) groups excluding carboxylic acids is 2. The van der Waals surface area contributed by atoms with E-state index in [1.54, 1.807) is 6.08 Å². The maximum atomic E-state index is 12.6. The van der Waals surface area contributed by atoms with Crippen LogP contribution in [-0.2, 0) is 14.4 Å². The number of hydrogen-bond acceptors (Lipinski definition) is 6. The van der Waals surface area contributed by atoms with Crippen molar-refractivity contribution in [2.45, 2.75) is 71.6 Å². The van der Waals surface area contributed by atoms with E-state index in [1.165, 1.54) is 18.6 Å². The highest BCUT2D eigenvalue weighted by molar-refractivity contribution is 7.99. The lowest BCUT2D eigenvalue weighted by Gasteiger charge is -2.32. The predicted molar refractivity (Wildman–Crippen MR) is 119 cm³/mol. The summed E-state index contributed by atoms with van der Waals surface area (Å²) in [5, 5.41) is 14.5. The third-order valence-corrected chi connectivity index (χ3v) is 6.75. The first-order valence-corrected chi connectivity index (χ1v) is 12.1. The molecule has 6 heteroatoms. The Balaban J connectivity index is 0.000000360. The van der Waals surface area contributed by atoms with Crippen LogP contribution in [-0.4, -0.2) is 40.5 Å². The molecule has 1 N–H and O–H groups in total. The van der Waals surface area contributed by atoms with Crippen LogP contribution in [0.25, 0.3) is 0 Å². The number of ketones is 2. The van der Waals surface area contributed by atoms with Crippen molar-refractivity contribution in [2.24, 2.45) is 17.0 Å². The minimum Gasteiger partial charge on any atom is -0.511 e. The van der Waals surface area contributed by atoms with Crippen molar-refractivity contribution < 1.29 is 19.5 Å². The van der Waals surface area contributed by atoms with Gasteiger partial charge in [-0.15, -0.1) is 0 Å². The van der Waals surface area contributed by atoms with Gasteiger partial charge in [0.05, 0.1) is 11.3 Å². The average Bonchev–Trinajstić information content (AvgIpc) is 2.73. The Kier molecular flexibility index (Phi) is 10.5. The van der Waals surface area contributed by atoms with Crippen LogP contribution >= 0.6 is 11.8 Å². The van der Waals surface area contributed by atoms with Crippen LogP contribution in [0.5, 0.6) is 0 Å². The number of rotatable bonds is 6. The predicted octanol–water partition coefficient (Wildman–Crippen LogP) is 5.41. The number of aliphatic hydroxyl groups is 1. The van der Waals surface area contributed by atoms with Gasteiger partial charge >= 0.3 is 0 Å². The molecule has 2 aliphatic carbocycles. The quantitative estimate of drug-likeness (QED) is 0.458. The van der Waals surface area contributed by atoms with Crippen LogP contribution in [0.3, 0.4) is 0 Å². The molecular weight excluding hydrogens is 386 g/mol. The molecular formula is C23H35NO4S. The normalized spacial score (nSPS) is 25.5. The minimum absolute atomic E-state index is 0.0382. The van der Waals surface area contributed by atoms with Crippen molar-refractivity contribution in [1.82, 2.24) is 0 Å². The van der Waals surface area contributed by atoms with E-state index in [1.807, 2.05) is 31.7 Å². The van der Waals surface area contributed by atoms with E-state index in [0.29, 0.717) is 49.0 Å². The number of oxime groups is 1. The molecule has 29 heavy (non-hydrogen) atoms. The van der Waals surface area contributed by atoms with Crippen LogP contribution in [0.4, 0.5) is 0 Å². The lowest BCUT2D eigenvalue weighted by atomic mass is 9.76. The summed E-state index contributed by atoms with van der Waals surface area (Å²) < 4.78 is 0. The van der Waals surface area contributed by atoms with Gasteiger partial charge in [-0.2, -0.15) is 11.8 Å². The summed E-state index contributed by atoms with van der Waals surface area (Å²) >= 11 is 1.97. The van der Waals surface area contributed by atoms with Gasteiger partial charge in [-0.05, 0) is 68.4 Å². The summed E-state index contributed by atoms with van der Waals surface area (Å²) in [6.45, 7) is 4.37. The first-order chi connectivity index (χ1) is 14.1. The fourth-order valence-corrected chi connectivity index (χ4v) is 5.29. The van der Waals surface area contributed by atoms with Crippen molar-refractivity contribution in [1.29, 1.82) is 0 Å². The molecule has 0 aromatic carbocycles. The molecule has 0 bridgehead atoms. The van der Waals surface area contributed by atoms with E-state index < -0.39 is 0 Å². The highest BCUT2D eigenvalue weighted by Gasteiger charge is 2.35. The maximum absolute atomic E-state index is 12.6. The Hall–Kier alpha value is -1.56. The van der Waals surface area contributed by atoms with Crippen LogP contribution in [0.15, 0.2) is 28.6 Å². The zero-order valence-electron chi connectivity index (χ0n) is 17.8. The smallest absolute Gasteiger partial charge is 0.168 e. The van der Waals surface area contributed by atoms with Gasteiger partial charge in [0.25, 0.3) is 0 Å². The number of allylic oxidation sites excluding steroid dienone is 4. The third-order valence-electron chi connectivity index (χ3n) is 5.51. The molecule has 0 aromatic rings. The zero-order chi connectivity index (χ0) is 21.1. The van der Waals surface area contributed by atoms with Crippen molar-refractivity contribution >= 4 is 29.0 Å². The topological polar surface area (TPSA) is 76.0 Å². The highest BCUT2D eigenvalue weighted by atomic mass is 32.2. The van der Waals surface area contributed by atoms with E-state index in [9.17, 15) is 14.7 Å². The Bertz CT molecular complexity index is 647. The first-order valence-electron chi connectivity index (χ1n) is 11.0. The molecule has 2 atom stereocenters. The second kappa shape index (κ2) is 12.9. The maximum Gasteiger partial charge on any atom is 0.168 e. The SMILES string of the molecule is CCCC(=NOCC)C1=C(O)CC(C2CCCSC2)CC1=O.O=C1C=CCCC1. The van der Waals surface area contributed by atoms with Gasteiger partial charge in [0.1, 0.15) is 12.4 Å². The fraction of sp³-hybridized carbons (Fsp3) is 0.696. The molecule has 1 heterocycles. The number of Topliss-reactive ketones (excluding diaryl/α,β-unsaturated/α-hetero) is 1. The van der Waals surface area contributed by atoms with Crippen LogP contribution in [0.1, 0.15) is 71.6 Å². The fourth-order valence-electron chi connectivity index (χ4n) is 4.01. The number of carbonyl (C=O) groups is 2. The molecule has 1 aliphatic heterocycles. The lowest BCUT2D eigenvalue weighted by molar-refractivity contribution is -0.117. The molecule has 2 unspecified atom stereocenters. The van der Waals surface area contributed by atoms with E-state index in [4.69, 9.17) is 4.84 Å². The largest absolute Gasteiger partial charge is 0.511 e. The second-order valence-corrected chi connectivity index (χ2v) is 9.01. The number of aliphatic hydroxyl groups excluding tert-OH is 1. The lowest BCUT2D eigenvalue weighted by Crippen LogP contribution is -2.30. The third kappa shape index (κ3) is 7.65. The molecule has 0 amide bonds. The summed E-state index contributed by atoms with van der Waals surface area (Å²) in [6.07, 6.45) is 11.6. The van der Waals surface area contributed by atoms with Crippen LogP contribution < -0.4 is 0 Å². The number of nitrogens with zero attached hydrogens (tertiary/aromatic N) is 1. The summed E-state index contributed by atoms with van der Waals surface area (Å²) in [5.41, 5.74) is 1.04. The molecule has 3 rings (SSSR count). The average molecular weight is 422 g/mol. The van der Waals surface area contributed by atoms with Gasteiger partial charge in [0, 0.05) is 19.3 Å².